The zero-order valence-corrected chi connectivity index (χ0v) is 12.0. The van der Waals surface area contributed by atoms with Crippen molar-refractivity contribution in [1.82, 2.24) is 15.1 Å². The molecular formula is C12H15N4O3S+. The largest absolute Gasteiger partial charge is 0.285 e. The van der Waals surface area contributed by atoms with Crippen molar-refractivity contribution in [3.8, 4) is 11.3 Å². The number of nitrogens with zero attached hydrogens (tertiary/aromatic N) is 4. The highest BCUT2D eigenvalue weighted by atomic mass is 32.2. The van der Waals surface area contributed by atoms with Gasteiger partial charge in [-0.05, 0) is 25.0 Å². The molecule has 2 aromatic rings. The molecule has 0 amide bonds. The highest BCUT2D eigenvalue weighted by Gasteiger charge is 2.12. The average molecular weight is 295 g/mol. The second-order valence-corrected chi connectivity index (χ2v) is 5.98. The lowest BCUT2D eigenvalue weighted by molar-refractivity contribution is -0.750. The summed E-state index contributed by atoms with van der Waals surface area (Å²) in [5.74, 6) is 0.318. The van der Waals surface area contributed by atoms with Gasteiger partial charge in [-0.1, -0.05) is 4.68 Å². The van der Waals surface area contributed by atoms with Crippen LogP contribution in [0.3, 0.4) is 0 Å². The van der Waals surface area contributed by atoms with Crippen molar-refractivity contribution in [3.05, 3.63) is 36.0 Å². The molecule has 0 unspecified atom stereocenters. The molecule has 0 bridgehead atoms. The zero-order valence-electron chi connectivity index (χ0n) is 11.2. The van der Waals surface area contributed by atoms with E-state index < -0.39 is 10.1 Å². The Kier molecular flexibility index (Phi) is 4.05. The van der Waals surface area contributed by atoms with Gasteiger partial charge in [-0.3, -0.25) is 4.55 Å². The van der Waals surface area contributed by atoms with Gasteiger partial charge in [0.15, 0.2) is 12.7 Å². The molecule has 2 rings (SSSR count). The highest BCUT2D eigenvalue weighted by molar-refractivity contribution is 7.85. The second kappa shape index (κ2) is 5.59. The van der Waals surface area contributed by atoms with Crippen molar-refractivity contribution in [3.63, 3.8) is 0 Å². The number of hydrogen-bond acceptors (Lipinski definition) is 5. The minimum absolute atomic E-state index is 0.0982. The molecule has 0 atom stereocenters. The summed E-state index contributed by atoms with van der Waals surface area (Å²) < 4.78 is 31.5. The Morgan fingerprint density at radius 1 is 1.30 bits per heavy atom. The lowest BCUT2D eigenvalue weighted by Crippen LogP contribution is -2.40. The van der Waals surface area contributed by atoms with Crippen LogP contribution in [0.4, 0.5) is 0 Å². The van der Waals surface area contributed by atoms with Crippen LogP contribution < -0.4 is 4.68 Å². The molecular weight excluding hydrogens is 280 g/mol. The van der Waals surface area contributed by atoms with E-state index in [2.05, 4.69) is 15.1 Å². The van der Waals surface area contributed by atoms with E-state index in [1.165, 1.54) is 4.68 Å². The fourth-order valence-electron chi connectivity index (χ4n) is 1.74. The molecule has 2 heterocycles. The maximum Gasteiger partial charge on any atom is 0.271 e. The smallest absolute Gasteiger partial charge is 0.271 e. The van der Waals surface area contributed by atoms with E-state index >= 15 is 0 Å². The van der Waals surface area contributed by atoms with Gasteiger partial charge >= 0.3 is 0 Å². The minimum Gasteiger partial charge on any atom is -0.285 e. The van der Waals surface area contributed by atoms with Crippen LogP contribution in [0.5, 0.6) is 0 Å². The van der Waals surface area contributed by atoms with Crippen LogP contribution >= 0.6 is 0 Å². The second-order valence-electron chi connectivity index (χ2n) is 4.41. The molecule has 1 N–H and O–H groups in total. The number of aromatic nitrogens is 4. The Hall–Kier alpha value is -1.93. The van der Waals surface area contributed by atoms with E-state index in [9.17, 15) is 8.42 Å². The van der Waals surface area contributed by atoms with Crippen molar-refractivity contribution >= 4 is 10.1 Å². The normalized spacial score (nSPS) is 11.6. The van der Waals surface area contributed by atoms with E-state index in [-0.39, 0.29) is 12.3 Å². The van der Waals surface area contributed by atoms with Gasteiger partial charge < -0.3 is 0 Å². The van der Waals surface area contributed by atoms with Gasteiger partial charge in [-0.2, -0.15) is 8.42 Å². The summed E-state index contributed by atoms with van der Waals surface area (Å²) in [6.45, 7) is 3.81. The first-order valence-electron chi connectivity index (χ1n) is 5.97. The molecule has 0 saturated heterocycles. The Labute approximate surface area is 117 Å². The summed E-state index contributed by atoms with van der Waals surface area (Å²) in [4.78, 5) is 8.53. The summed E-state index contributed by atoms with van der Waals surface area (Å²) in [6.07, 6.45) is 3.25. The molecule has 0 saturated carbocycles. The SMILES string of the molecule is Cc1cc(-c2cc[n+](CCS(=O)(=O)O)nc2)nc(C)n1. The monoisotopic (exact) mass is 295 g/mol. The third-order valence-corrected chi connectivity index (χ3v) is 3.31. The number of rotatable bonds is 4. The van der Waals surface area contributed by atoms with Crippen LogP contribution in [-0.4, -0.2) is 33.8 Å². The molecule has 0 aliphatic carbocycles. The first-order valence-corrected chi connectivity index (χ1v) is 7.58. The van der Waals surface area contributed by atoms with Gasteiger partial charge in [0.2, 0.25) is 0 Å². The number of hydrogen-bond donors (Lipinski definition) is 1. The Bertz CT molecular complexity index is 694. The molecule has 2 aromatic heterocycles. The van der Waals surface area contributed by atoms with Gasteiger partial charge in [-0.25, -0.2) is 9.97 Å². The fraction of sp³-hybridized carbons (Fsp3) is 0.333. The maximum atomic E-state index is 10.7. The Balaban J connectivity index is 2.19. The van der Waals surface area contributed by atoms with Crippen LogP contribution in [0.2, 0.25) is 0 Å². The van der Waals surface area contributed by atoms with Crippen LogP contribution in [-0.2, 0) is 16.7 Å². The highest BCUT2D eigenvalue weighted by Crippen LogP contribution is 2.15. The van der Waals surface area contributed by atoms with Gasteiger partial charge in [0.05, 0.1) is 5.69 Å². The molecule has 20 heavy (non-hydrogen) atoms. The van der Waals surface area contributed by atoms with Crippen molar-refractivity contribution < 1.29 is 17.7 Å². The molecule has 0 radical (unpaired) electrons. The predicted molar refractivity (Wildman–Crippen MR) is 71.3 cm³/mol. The summed E-state index contributed by atoms with van der Waals surface area (Å²) in [6, 6.07) is 3.64. The predicted octanol–water partition coefficient (Wildman–Crippen LogP) is 0.331. The molecule has 0 aliphatic heterocycles. The van der Waals surface area contributed by atoms with E-state index in [0.29, 0.717) is 5.82 Å². The van der Waals surface area contributed by atoms with E-state index in [1.54, 1.807) is 18.5 Å². The summed E-state index contributed by atoms with van der Waals surface area (Å²) >= 11 is 0. The zero-order chi connectivity index (χ0) is 14.8. The maximum absolute atomic E-state index is 10.7. The van der Waals surface area contributed by atoms with Gasteiger partial charge in [0.1, 0.15) is 17.8 Å². The molecule has 0 spiro atoms. The Morgan fingerprint density at radius 3 is 2.60 bits per heavy atom. The lowest BCUT2D eigenvalue weighted by Gasteiger charge is -2.02. The fourth-order valence-corrected chi connectivity index (χ4v) is 2.16. The van der Waals surface area contributed by atoms with Crippen molar-refractivity contribution in [2.45, 2.75) is 20.4 Å². The third kappa shape index (κ3) is 4.04. The van der Waals surface area contributed by atoms with Gasteiger partial charge in [0, 0.05) is 17.3 Å². The summed E-state index contributed by atoms with van der Waals surface area (Å²) in [5.41, 5.74) is 2.46. The van der Waals surface area contributed by atoms with Crippen LogP contribution in [0.1, 0.15) is 11.5 Å². The van der Waals surface area contributed by atoms with Crippen LogP contribution in [0.15, 0.2) is 24.5 Å². The molecule has 0 fully saturated rings. The first kappa shape index (κ1) is 14.5. The number of aryl methyl sites for hydroxylation is 3. The average Bonchev–Trinajstić information content (AvgIpc) is 2.35. The topological polar surface area (TPSA) is 96.9 Å². The van der Waals surface area contributed by atoms with E-state index in [4.69, 9.17) is 4.55 Å². The van der Waals surface area contributed by atoms with E-state index in [0.717, 1.165) is 17.0 Å². The summed E-state index contributed by atoms with van der Waals surface area (Å²) in [5, 5.41) is 4.10. The summed E-state index contributed by atoms with van der Waals surface area (Å²) in [7, 11) is -3.98. The third-order valence-electron chi connectivity index (χ3n) is 2.61. The van der Waals surface area contributed by atoms with Gasteiger partial charge in [0.25, 0.3) is 10.1 Å². The van der Waals surface area contributed by atoms with E-state index in [1.807, 2.05) is 19.9 Å². The van der Waals surface area contributed by atoms with Crippen molar-refractivity contribution in [1.29, 1.82) is 0 Å². The molecule has 0 aliphatic rings. The minimum atomic E-state index is -3.98. The quantitative estimate of drug-likeness (QED) is 0.645. The lowest BCUT2D eigenvalue weighted by atomic mass is 10.2. The molecule has 7 nitrogen and oxygen atoms in total. The molecule has 8 heteroatoms. The Morgan fingerprint density at radius 2 is 2.05 bits per heavy atom. The van der Waals surface area contributed by atoms with Crippen molar-refractivity contribution in [2.75, 3.05) is 5.75 Å². The standard InChI is InChI=1S/C12H14N4O3S/c1-9-7-12(15-10(2)14-9)11-3-4-16(13-8-11)5-6-20(17,18)19/h3-4,7-8H,5-6H2,1-2H3/p+1. The van der Waals surface area contributed by atoms with Crippen LogP contribution in [0, 0.1) is 13.8 Å². The van der Waals surface area contributed by atoms with Crippen LogP contribution in [0.25, 0.3) is 11.3 Å². The van der Waals surface area contributed by atoms with Gasteiger partial charge in [-0.15, -0.1) is 0 Å². The molecule has 106 valence electrons. The first-order chi connectivity index (χ1) is 9.33. The van der Waals surface area contributed by atoms with Crippen molar-refractivity contribution in [2.24, 2.45) is 0 Å². The molecule has 0 aromatic carbocycles.